The third kappa shape index (κ3) is 1.56. The van der Waals surface area contributed by atoms with Gasteiger partial charge in [-0.25, -0.2) is 0 Å². The standard InChI is InChI=1S/C9H12O/c1-2-8-3-5-9(7-10)6-4-8/h3-5,7,9H,2,6H2,1H3. The molecule has 0 aliphatic heterocycles. The highest BCUT2D eigenvalue weighted by atomic mass is 16.1. The Morgan fingerprint density at radius 2 is 2.60 bits per heavy atom. The first-order chi connectivity index (χ1) is 4.86. The molecule has 0 spiro atoms. The molecule has 0 aromatic heterocycles. The predicted molar refractivity (Wildman–Crippen MR) is 41.7 cm³/mol. The predicted octanol–water partition coefficient (Wildman–Crippen LogP) is 2.10. The van der Waals surface area contributed by atoms with Gasteiger partial charge in [-0.2, -0.15) is 0 Å². The fraction of sp³-hybridized carbons (Fsp3) is 0.444. The summed E-state index contributed by atoms with van der Waals surface area (Å²) >= 11 is 0. The molecular formula is C9H12O. The molecule has 0 saturated carbocycles. The number of hydrogen-bond donors (Lipinski definition) is 0. The van der Waals surface area contributed by atoms with Crippen molar-refractivity contribution in [2.24, 2.45) is 5.92 Å². The Bertz CT molecular complexity index is 177. The monoisotopic (exact) mass is 136 g/mol. The van der Waals surface area contributed by atoms with Gasteiger partial charge in [0.25, 0.3) is 0 Å². The van der Waals surface area contributed by atoms with E-state index in [0.29, 0.717) is 0 Å². The smallest absolute Gasteiger partial charge is 0.127 e. The first-order valence-corrected chi connectivity index (χ1v) is 3.69. The lowest BCUT2D eigenvalue weighted by molar-refractivity contribution is -0.109. The fourth-order valence-corrected chi connectivity index (χ4v) is 1.04. The summed E-state index contributed by atoms with van der Waals surface area (Å²) in [5, 5.41) is 0. The van der Waals surface area contributed by atoms with Crippen molar-refractivity contribution in [3.8, 4) is 0 Å². The van der Waals surface area contributed by atoms with E-state index in [2.05, 4.69) is 13.0 Å². The lowest BCUT2D eigenvalue weighted by Gasteiger charge is -2.08. The lowest BCUT2D eigenvalue weighted by Crippen LogP contribution is -1.99. The summed E-state index contributed by atoms with van der Waals surface area (Å²) in [6, 6.07) is 0. The highest BCUT2D eigenvalue weighted by Crippen LogP contribution is 2.15. The van der Waals surface area contributed by atoms with Crippen molar-refractivity contribution >= 4 is 6.29 Å². The molecule has 0 aromatic rings. The van der Waals surface area contributed by atoms with Gasteiger partial charge in [0.2, 0.25) is 0 Å². The van der Waals surface area contributed by atoms with E-state index in [1.165, 1.54) is 5.57 Å². The van der Waals surface area contributed by atoms with Gasteiger partial charge >= 0.3 is 0 Å². The van der Waals surface area contributed by atoms with Crippen molar-refractivity contribution < 1.29 is 4.79 Å². The van der Waals surface area contributed by atoms with Gasteiger partial charge in [-0.1, -0.05) is 30.7 Å². The fourth-order valence-electron chi connectivity index (χ4n) is 1.04. The highest BCUT2D eigenvalue weighted by Gasteiger charge is 2.04. The van der Waals surface area contributed by atoms with Crippen LogP contribution in [0.2, 0.25) is 0 Å². The summed E-state index contributed by atoms with van der Waals surface area (Å²) in [7, 11) is 0. The molecule has 1 heteroatoms. The Labute approximate surface area is 61.4 Å². The number of carbonyl (C=O) groups excluding carboxylic acids is 1. The number of carbonyl (C=O) groups is 1. The summed E-state index contributed by atoms with van der Waals surface area (Å²) in [5.41, 5.74) is 1.35. The van der Waals surface area contributed by atoms with Crippen LogP contribution in [0.4, 0.5) is 0 Å². The van der Waals surface area contributed by atoms with Crippen LogP contribution >= 0.6 is 0 Å². The van der Waals surface area contributed by atoms with Crippen LogP contribution in [0.3, 0.4) is 0 Å². The molecule has 0 heterocycles. The number of aldehydes is 1. The van der Waals surface area contributed by atoms with E-state index in [1.54, 1.807) is 0 Å². The molecule has 1 aliphatic carbocycles. The van der Waals surface area contributed by atoms with Crippen molar-refractivity contribution in [1.29, 1.82) is 0 Å². The average molecular weight is 136 g/mol. The first-order valence-electron chi connectivity index (χ1n) is 3.69. The summed E-state index contributed by atoms with van der Waals surface area (Å²) < 4.78 is 0. The van der Waals surface area contributed by atoms with E-state index in [-0.39, 0.29) is 5.92 Å². The van der Waals surface area contributed by atoms with Crippen LogP contribution in [-0.2, 0) is 4.79 Å². The van der Waals surface area contributed by atoms with Crippen LogP contribution in [0, 0.1) is 5.92 Å². The van der Waals surface area contributed by atoms with E-state index in [9.17, 15) is 4.79 Å². The third-order valence-corrected chi connectivity index (χ3v) is 1.79. The van der Waals surface area contributed by atoms with Crippen LogP contribution < -0.4 is 0 Å². The van der Waals surface area contributed by atoms with Gasteiger partial charge in [0.15, 0.2) is 0 Å². The van der Waals surface area contributed by atoms with E-state index in [4.69, 9.17) is 0 Å². The van der Waals surface area contributed by atoms with Crippen LogP contribution in [0.15, 0.2) is 23.8 Å². The van der Waals surface area contributed by atoms with Crippen LogP contribution in [0.5, 0.6) is 0 Å². The van der Waals surface area contributed by atoms with Crippen molar-refractivity contribution in [2.75, 3.05) is 0 Å². The zero-order chi connectivity index (χ0) is 7.40. The Kier molecular flexibility index (Phi) is 2.43. The molecule has 1 rings (SSSR count). The second-order valence-corrected chi connectivity index (χ2v) is 2.53. The molecule has 0 amide bonds. The molecule has 0 aromatic carbocycles. The highest BCUT2D eigenvalue weighted by molar-refractivity contribution is 5.58. The topological polar surface area (TPSA) is 17.1 Å². The summed E-state index contributed by atoms with van der Waals surface area (Å²) in [6.07, 6.45) is 9.12. The molecule has 1 atom stereocenters. The van der Waals surface area contributed by atoms with E-state index >= 15 is 0 Å². The Balaban J connectivity index is 2.54. The van der Waals surface area contributed by atoms with Gasteiger partial charge in [-0.15, -0.1) is 0 Å². The van der Waals surface area contributed by atoms with Crippen LogP contribution in [0.1, 0.15) is 19.8 Å². The van der Waals surface area contributed by atoms with Gasteiger partial charge in [-0.3, -0.25) is 0 Å². The second-order valence-electron chi connectivity index (χ2n) is 2.53. The average Bonchev–Trinajstić information content (AvgIpc) is 2.05. The molecule has 0 radical (unpaired) electrons. The third-order valence-electron chi connectivity index (χ3n) is 1.79. The van der Waals surface area contributed by atoms with E-state index in [1.807, 2.05) is 12.2 Å². The maximum absolute atomic E-state index is 10.3. The second kappa shape index (κ2) is 3.35. The SMILES string of the molecule is CCC1=CCC(C=O)C=C1. The normalized spacial score (nSPS) is 24.1. The molecule has 0 saturated heterocycles. The molecule has 1 nitrogen and oxygen atoms in total. The number of allylic oxidation sites excluding steroid dienone is 4. The minimum absolute atomic E-state index is 0.135. The molecule has 0 N–H and O–H groups in total. The summed E-state index contributed by atoms with van der Waals surface area (Å²) in [4.78, 5) is 10.3. The minimum Gasteiger partial charge on any atom is -0.303 e. The Morgan fingerprint density at radius 1 is 1.80 bits per heavy atom. The summed E-state index contributed by atoms with van der Waals surface area (Å²) in [5.74, 6) is 0.135. The summed E-state index contributed by atoms with van der Waals surface area (Å²) in [6.45, 7) is 2.12. The van der Waals surface area contributed by atoms with E-state index < -0.39 is 0 Å². The molecule has 1 aliphatic rings. The lowest BCUT2D eigenvalue weighted by atomic mass is 9.97. The van der Waals surface area contributed by atoms with Crippen molar-refractivity contribution in [3.05, 3.63) is 23.8 Å². The van der Waals surface area contributed by atoms with Gasteiger partial charge in [0.05, 0.1) is 0 Å². The van der Waals surface area contributed by atoms with Gasteiger partial charge in [0, 0.05) is 5.92 Å². The van der Waals surface area contributed by atoms with Gasteiger partial charge in [0.1, 0.15) is 6.29 Å². The Hall–Kier alpha value is -0.850. The number of rotatable bonds is 2. The largest absolute Gasteiger partial charge is 0.303 e. The molecule has 10 heavy (non-hydrogen) atoms. The molecule has 0 fully saturated rings. The zero-order valence-electron chi connectivity index (χ0n) is 6.21. The molecular weight excluding hydrogens is 124 g/mol. The molecule has 0 bridgehead atoms. The molecule has 54 valence electrons. The van der Waals surface area contributed by atoms with Crippen molar-refractivity contribution in [2.45, 2.75) is 19.8 Å². The van der Waals surface area contributed by atoms with Gasteiger partial charge < -0.3 is 4.79 Å². The first kappa shape index (κ1) is 7.26. The van der Waals surface area contributed by atoms with Crippen molar-refractivity contribution in [1.82, 2.24) is 0 Å². The quantitative estimate of drug-likeness (QED) is 0.531. The van der Waals surface area contributed by atoms with Gasteiger partial charge in [-0.05, 0) is 12.8 Å². The number of hydrogen-bond acceptors (Lipinski definition) is 1. The van der Waals surface area contributed by atoms with E-state index in [0.717, 1.165) is 19.1 Å². The van der Waals surface area contributed by atoms with Crippen molar-refractivity contribution in [3.63, 3.8) is 0 Å². The van der Waals surface area contributed by atoms with Crippen LogP contribution in [-0.4, -0.2) is 6.29 Å². The minimum atomic E-state index is 0.135. The Morgan fingerprint density at radius 3 is 3.00 bits per heavy atom. The zero-order valence-corrected chi connectivity index (χ0v) is 6.21. The van der Waals surface area contributed by atoms with Crippen LogP contribution in [0.25, 0.3) is 0 Å². The maximum atomic E-state index is 10.3. The molecule has 1 unspecified atom stereocenters. The maximum Gasteiger partial charge on any atom is 0.127 e.